The molecule has 21 heavy (non-hydrogen) atoms. The van der Waals surface area contributed by atoms with Crippen molar-refractivity contribution in [2.45, 2.75) is 39.3 Å². The van der Waals surface area contributed by atoms with Crippen molar-refractivity contribution in [3.8, 4) is 0 Å². The second-order valence-electron chi connectivity index (χ2n) is 5.81. The third-order valence-electron chi connectivity index (χ3n) is 3.74. The fourth-order valence-corrected chi connectivity index (χ4v) is 3.62. The van der Waals surface area contributed by atoms with Gasteiger partial charge in [-0.05, 0) is 37.4 Å². The van der Waals surface area contributed by atoms with Crippen LogP contribution in [0.25, 0.3) is 0 Å². The largest absolute Gasteiger partial charge is 0.468 e. The Balaban J connectivity index is 1.77. The van der Waals surface area contributed by atoms with Gasteiger partial charge >= 0.3 is 0 Å². The Hall–Kier alpha value is -0.890. The van der Waals surface area contributed by atoms with E-state index in [1.54, 1.807) is 12.1 Å². The molecule has 0 radical (unpaired) electrons. The predicted octanol–water partition coefficient (Wildman–Crippen LogP) is 1.32. The van der Waals surface area contributed by atoms with Crippen LogP contribution in [0.4, 0.5) is 0 Å². The Morgan fingerprint density at radius 2 is 2.10 bits per heavy atom. The Morgan fingerprint density at radius 1 is 1.38 bits per heavy atom. The molecule has 1 fully saturated rings. The predicted molar refractivity (Wildman–Crippen MR) is 81.9 cm³/mol. The fourth-order valence-electron chi connectivity index (χ4n) is 2.42. The first kappa shape index (κ1) is 16.5. The Morgan fingerprint density at radius 3 is 2.67 bits per heavy atom. The average molecular weight is 315 g/mol. The highest BCUT2D eigenvalue weighted by molar-refractivity contribution is 7.87. The molecule has 1 aliphatic heterocycles. The van der Waals surface area contributed by atoms with Gasteiger partial charge in [0.2, 0.25) is 0 Å². The standard InChI is InChI=1S/C14H25N3O3S/c1-12(2)15-10-13-5-7-17(8-6-13)21(18,19)16-11-14-4-3-9-20-14/h3-4,9,12-13,15-16H,5-8,10-11H2,1-2H3. The van der Waals surface area contributed by atoms with Crippen molar-refractivity contribution >= 4 is 10.2 Å². The van der Waals surface area contributed by atoms with Gasteiger partial charge in [-0.1, -0.05) is 13.8 Å². The van der Waals surface area contributed by atoms with E-state index in [1.165, 1.54) is 10.6 Å². The summed E-state index contributed by atoms with van der Waals surface area (Å²) >= 11 is 0. The summed E-state index contributed by atoms with van der Waals surface area (Å²) in [6.07, 6.45) is 3.35. The second kappa shape index (κ2) is 7.40. The average Bonchev–Trinajstić information content (AvgIpc) is 2.97. The Labute approximate surface area is 127 Å². The summed E-state index contributed by atoms with van der Waals surface area (Å²) in [7, 11) is -3.41. The lowest BCUT2D eigenvalue weighted by atomic mass is 9.98. The molecule has 2 N–H and O–H groups in total. The molecule has 120 valence electrons. The molecule has 0 spiro atoms. The molecule has 0 aliphatic carbocycles. The highest BCUT2D eigenvalue weighted by Gasteiger charge is 2.27. The van der Waals surface area contributed by atoms with Crippen molar-refractivity contribution in [2.75, 3.05) is 19.6 Å². The van der Waals surface area contributed by atoms with Crippen LogP contribution in [0, 0.1) is 5.92 Å². The molecule has 7 heteroatoms. The highest BCUT2D eigenvalue weighted by Crippen LogP contribution is 2.18. The van der Waals surface area contributed by atoms with Crippen molar-refractivity contribution in [3.63, 3.8) is 0 Å². The zero-order chi connectivity index (χ0) is 15.3. The van der Waals surface area contributed by atoms with Gasteiger partial charge in [0.05, 0.1) is 12.8 Å². The van der Waals surface area contributed by atoms with E-state index in [0.29, 0.717) is 30.8 Å². The van der Waals surface area contributed by atoms with Crippen LogP contribution >= 0.6 is 0 Å². The minimum atomic E-state index is -3.41. The van der Waals surface area contributed by atoms with E-state index in [0.717, 1.165) is 19.4 Å². The minimum absolute atomic E-state index is 0.199. The summed E-state index contributed by atoms with van der Waals surface area (Å²) < 4.78 is 33.7. The van der Waals surface area contributed by atoms with Crippen LogP contribution < -0.4 is 10.0 Å². The highest BCUT2D eigenvalue weighted by atomic mass is 32.2. The third-order valence-corrected chi connectivity index (χ3v) is 5.29. The number of piperidine rings is 1. The molecule has 1 aromatic heterocycles. The summed E-state index contributed by atoms with van der Waals surface area (Å²) in [4.78, 5) is 0. The van der Waals surface area contributed by atoms with E-state index in [4.69, 9.17) is 4.42 Å². The maximum atomic E-state index is 12.2. The number of hydrogen-bond acceptors (Lipinski definition) is 4. The van der Waals surface area contributed by atoms with Crippen LogP contribution in [0.5, 0.6) is 0 Å². The van der Waals surface area contributed by atoms with Crippen molar-refractivity contribution in [3.05, 3.63) is 24.2 Å². The molecule has 2 rings (SSSR count). The van der Waals surface area contributed by atoms with Crippen molar-refractivity contribution in [1.29, 1.82) is 0 Å². The number of hydrogen-bond donors (Lipinski definition) is 2. The molecule has 0 bridgehead atoms. The summed E-state index contributed by atoms with van der Waals surface area (Å²) in [5.74, 6) is 1.18. The van der Waals surface area contributed by atoms with Gasteiger partial charge in [0.15, 0.2) is 0 Å². The molecule has 6 nitrogen and oxygen atoms in total. The fraction of sp³-hybridized carbons (Fsp3) is 0.714. The van der Waals surface area contributed by atoms with Crippen LogP contribution in [-0.2, 0) is 16.8 Å². The van der Waals surface area contributed by atoms with Gasteiger partial charge in [-0.3, -0.25) is 0 Å². The molecule has 0 amide bonds. The number of rotatable bonds is 7. The van der Waals surface area contributed by atoms with Gasteiger partial charge in [-0.15, -0.1) is 0 Å². The van der Waals surface area contributed by atoms with Crippen LogP contribution in [0.15, 0.2) is 22.8 Å². The van der Waals surface area contributed by atoms with Crippen molar-refractivity contribution in [1.82, 2.24) is 14.3 Å². The van der Waals surface area contributed by atoms with E-state index in [9.17, 15) is 8.42 Å². The first-order valence-electron chi connectivity index (χ1n) is 7.48. The van der Waals surface area contributed by atoms with E-state index < -0.39 is 10.2 Å². The van der Waals surface area contributed by atoms with E-state index in [-0.39, 0.29) is 6.54 Å². The van der Waals surface area contributed by atoms with Gasteiger partial charge in [-0.25, -0.2) is 0 Å². The summed E-state index contributed by atoms with van der Waals surface area (Å²) in [5.41, 5.74) is 0. The zero-order valence-corrected chi connectivity index (χ0v) is 13.5. The lowest BCUT2D eigenvalue weighted by Gasteiger charge is -2.31. The molecule has 1 saturated heterocycles. The number of nitrogens with one attached hydrogen (secondary N) is 2. The molecule has 1 aromatic rings. The smallest absolute Gasteiger partial charge is 0.279 e. The number of nitrogens with zero attached hydrogens (tertiary/aromatic N) is 1. The molecule has 0 unspecified atom stereocenters. The molecule has 0 aromatic carbocycles. The Bertz CT molecular complexity index is 506. The SMILES string of the molecule is CC(C)NCC1CCN(S(=O)(=O)NCc2ccco2)CC1. The van der Waals surface area contributed by atoms with Crippen LogP contribution in [0.1, 0.15) is 32.4 Å². The Kier molecular flexibility index (Phi) is 5.80. The minimum Gasteiger partial charge on any atom is -0.468 e. The maximum absolute atomic E-state index is 12.2. The zero-order valence-electron chi connectivity index (χ0n) is 12.7. The van der Waals surface area contributed by atoms with Gasteiger partial charge in [0.25, 0.3) is 10.2 Å². The van der Waals surface area contributed by atoms with Crippen molar-refractivity contribution < 1.29 is 12.8 Å². The molecule has 0 atom stereocenters. The first-order valence-corrected chi connectivity index (χ1v) is 8.92. The maximum Gasteiger partial charge on any atom is 0.279 e. The molecule has 0 saturated carbocycles. The molecule has 2 heterocycles. The summed E-state index contributed by atoms with van der Waals surface area (Å²) in [6, 6.07) is 3.98. The van der Waals surface area contributed by atoms with Gasteiger partial charge < -0.3 is 9.73 Å². The number of furan rings is 1. The van der Waals surface area contributed by atoms with E-state index in [1.807, 2.05) is 0 Å². The van der Waals surface area contributed by atoms with Crippen molar-refractivity contribution in [2.24, 2.45) is 5.92 Å². The quantitative estimate of drug-likeness (QED) is 0.796. The summed E-state index contributed by atoms with van der Waals surface area (Å²) in [6.45, 7) is 6.57. The van der Waals surface area contributed by atoms with Crippen LogP contribution in [-0.4, -0.2) is 38.4 Å². The normalized spacial score (nSPS) is 18.4. The van der Waals surface area contributed by atoms with E-state index >= 15 is 0 Å². The monoisotopic (exact) mass is 315 g/mol. The third kappa shape index (κ3) is 5.10. The lowest BCUT2D eigenvalue weighted by Crippen LogP contribution is -2.46. The first-order chi connectivity index (χ1) is 9.97. The molecular formula is C14H25N3O3S. The molecular weight excluding hydrogens is 290 g/mol. The molecule has 1 aliphatic rings. The topological polar surface area (TPSA) is 74.6 Å². The van der Waals surface area contributed by atoms with Gasteiger partial charge in [-0.2, -0.15) is 17.4 Å². The van der Waals surface area contributed by atoms with Crippen LogP contribution in [0.3, 0.4) is 0 Å². The van der Waals surface area contributed by atoms with Gasteiger partial charge in [0.1, 0.15) is 5.76 Å². The van der Waals surface area contributed by atoms with E-state index in [2.05, 4.69) is 23.9 Å². The second-order valence-corrected chi connectivity index (χ2v) is 7.57. The lowest BCUT2D eigenvalue weighted by molar-refractivity contribution is 0.261. The van der Waals surface area contributed by atoms with Gasteiger partial charge in [0, 0.05) is 19.1 Å². The summed E-state index contributed by atoms with van der Waals surface area (Å²) in [5, 5.41) is 3.42. The van der Waals surface area contributed by atoms with Crippen LogP contribution in [0.2, 0.25) is 0 Å².